The Morgan fingerprint density at radius 1 is 0.815 bits per heavy atom. The van der Waals surface area contributed by atoms with Gasteiger partial charge in [0.05, 0.1) is 15.6 Å². The summed E-state index contributed by atoms with van der Waals surface area (Å²) in [5, 5.41) is 2.61. The summed E-state index contributed by atoms with van der Waals surface area (Å²) in [5.74, 6) is -0.603. The summed E-state index contributed by atoms with van der Waals surface area (Å²) in [7, 11) is 0. The molecule has 0 saturated heterocycles. The summed E-state index contributed by atoms with van der Waals surface area (Å²) in [5.41, 5.74) is 0.800. The Morgan fingerprint density at radius 2 is 1.48 bits per heavy atom. The average molecular weight is 447 g/mol. The topological polar surface area (TPSA) is 34.1 Å². The Hall–Kier alpha value is -1.76. The molecule has 3 heterocycles. The molecule has 0 bridgehead atoms. The van der Waals surface area contributed by atoms with Gasteiger partial charge in [0.1, 0.15) is 0 Å². The fourth-order valence-corrected chi connectivity index (χ4v) is 6.56. The van der Waals surface area contributed by atoms with Crippen molar-refractivity contribution in [1.29, 1.82) is 0 Å². The summed E-state index contributed by atoms with van der Waals surface area (Å²) in [4.78, 5) is 28.7. The lowest BCUT2D eigenvalue weighted by molar-refractivity contribution is 0.0990. The minimum Gasteiger partial charge on any atom is -0.288 e. The number of Topliss-reactive ketones (excluding diaryl/α,β-unsaturated/α-hetero) is 2. The monoisotopic (exact) mass is 446 g/mol. The molecule has 0 fully saturated rings. The van der Waals surface area contributed by atoms with E-state index in [4.69, 9.17) is 23.2 Å². The number of benzene rings is 1. The van der Waals surface area contributed by atoms with E-state index in [1.165, 1.54) is 21.9 Å². The Bertz CT molecular complexity index is 1200. The van der Waals surface area contributed by atoms with Crippen LogP contribution in [0.5, 0.6) is 0 Å². The molecular weight excluding hydrogens is 439 g/mol. The summed E-state index contributed by atoms with van der Waals surface area (Å²) in [6, 6.07) is 11.3. The van der Waals surface area contributed by atoms with Crippen LogP contribution >= 0.6 is 57.2 Å². The zero-order chi connectivity index (χ0) is 18.7. The first-order chi connectivity index (χ1) is 13.0. The van der Waals surface area contributed by atoms with E-state index < -0.39 is 0 Å². The lowest BCUT2D eigenvalue weighted by atomic mass is 10.1. The Morgan fingerprint density at radius 3 is 2.07 bits per heavy atom. The van der Waals surface area contributed by atoms with Crippen LogP contribution < -0.4 is 0 Å². The van der Waals surface area contributed by atoms with Crippen LogP contribution in [0.2, 0.25) is 10.0 Å². The average Bonchev–Trinajstić information content (AvgIpc) is 3.38. The highest BCUT2D eigenvalue weighted by molar-refractivity contribution is 7.31. The van der Waals surface area contributed by atoms with Crippen LogP contribution in [0.25, 0.3) is 25.2 Å². The largest absolute Gasteiger partial charge is 0.288 e. The fourth-order valence-electron chi connectivity index (χ4n) is 3.05. The number of allylic oxidation sites excluding steroid dienone is 1. The van der Waals surface area contributed by atoms with Gasteiger partial charge in [0.2, 0.25) is 0 Å². The Balaban J connectivity index is 1.54. The second-order valence-corrected chi connectivity index (χ2v) is 9.95. The number of hydrogen-bond acceptors (Lipinski definition) is 5. The van der Waals surface area contributed by atoms with Crippen molar-refractivity contribution in [1.82, 2.24) is 0 Å². The van der Waals surface area contributed by atoms with Gasteiger partial charge in [-0.05, 0) is 41.8 Å². The standard InChI is InChI=1S/C20H8Cl2O2S3/c21-13-6-10-11(7-14(13)22)20(24)12(19(10)23)4-9-5-16-18(26-9)8-17(27-16)15-2-1-3-25-15/h1-8H. The van der Waals surface area contributed by atoms with Gasteiger partial charge in [-0.2, -0.15) is 0 Å². The highest BCUT2D eigenvalue weighted by Gasteiger charge is 2.34. The van der Waals surface area contributed by atoms with Gasteiger partial charge < -0.3 is 0 Å². The lowest BCUT2D eigenvalue weighted by Crippen LogP contribution is -1.99. The molecule has 132 valence electrons. The number of thiophene rings is 3. The molecule has 2 nitrogen and oxygen atoms in total. The smallest absolute Gasteiger partial charge is 0.197 e. The lowest BCUT2D eigenvalue weighted by Gasteiger charge is -1.98. The van der Waals surface area contributed by atoms with Crippen molar-refractivity contribution in [3.8, 4) is 9.75 Å². The van der Waals surface area contributed by atoms with Crippen LogP contribution in [0.1, 0.15) is 25.6 Å². The van der Waals surface area contributed by atoms with Crippen molar-refractivity contribution in [2.45, 2.75) is 0 Å². The third-order valence-corrected chi connectivity index (χ3v) is 8.34. The molecule has 0 spiro atoms. The number of halogens is 2. The zero-order valence-corrected chi connectivity index (χ0v) is 17.4. The van der Waals surface area contributed by atoms with Crippen LogP contribution in [0.3, 0.4) is 0 Å². The van der Waals surface area contributed by atoms with Gasteiger partial charge in [0.25, 0.3) is 0 Å². The molecule has 1 aromatic carbocycles. The van der Waals surface area contributed by atoms with Crippen molar-refractivity contribution >= 4 is 84.3 Å². The molecule has 0 unspecified atom stereocenters. The zero-order valence-electron chi connectivity index (χ0n) is 13.4. The van der Waals surface area contributed by atoms with Gasteiger partial charge >= 0.3 is 0 Å². The molecule has 7 heteroatoms. The van der Waals surface area contributed by atoms with Gasteiger partial charge in [0.15, 0.2) is 11.6 Å². The van der Waals surface area contributed by atoms with Crippen molar-refractivity contribution in [2.75, 3.05) is 0 Å². The predicted octanol–water partition coefficient (Wildman–Crippen LogP) is 7.46. The molecular formula is C20H8Cl2O2S3. The van der Waals surface area contributed by atoms with Crippen molar-refractivity contribution < 1.29 is 9.59 Å². The highest BCUT2D eigenvalue weighted by atomic mass is 35.5. The normalized spacial score (nSPS) is 13.6. The molecule has 0 atom stereocenters. The van der Waals surface area contributed by atoms with Crippen molar-refractivity contribution in [3.63, 3.8) is 0 Å². The second-order valence-electron chi connectivity index (χ2n) is 5.99. The van der Waals surface area contributed by atoms with Gasteiger partial charge in [-0.3, -0.25) is 9.59 Å². The third-order valence-electron chi connectivity index (χ3n) is 4.32. The molecule has 0 amide bonds. The van der Waals surface area contributed by atoms with Crippen LogP contribution in [-0.4, -0.2) is 11.6 Å². The first kappa shape index (κ1) is 17.3. The van der Waals surface area contributed by atoms with Gasteiger partial charge in [-0.1, -0.05) is 29.3 Å². The molecule has 0 N–H and O–H groups in total. The first-order valence-corrected chi connectivity index (χ1v) is 11.2. The maximum atomic E-state index is 12.7. The second kappa shape index (κ2) is 6.40. The van der Waals surface area contributed by atoms with Crippen molar-refractivity contribution in [2.24, 2.45) is 0 Å². The molecule has 0 aliphatic heterocycles. The molecule has 4 aromatic rings. The maximum absolute atomic E-state index is 12.7. The van der Waals surface area contributed by atoms with E-state index in [0.717, 1.165) is 14.3 Å². The summed E-state index contributed by atoms with van der Waals surface area (Å²) >= 11 is 17.0. The van der Waals surface area contributed by atoms with E-state index in [0.29, 0.717) is 11.1 Å². The summed E-state index contributed by atoms with van der Waals surface area (Å²) in [6.07, 6.45) is 1.68. The molecule has 1 aliphatic carbocycles. The number of hydrogen-bond donors (Lipinski definition) is 0. The van der Waals surface area contributed by atoms with Gasteiger partial charge in [0, 0.05) is 35.2 Å². The quantitative estimate of drug-likeness (QED) is 0.236. The van der Waals surface area contributed by atoms with E-state index in [-0.39, 0.29) is 27.2 Å². The molecule has 3 aromatic heterocycles. The van der Waals surface area contributed by atoms with E-state index in [9.17, 15) is 9.59 Å². The van der Waals surface area contributed by atoms with E-state index in [1.54, 1.807) is 40.1 Å². The highest BCUT2D eigenvalue weighted by Crippen LogP contribution is 2.41. The van der Waals surface area contributed by atoms with Crippen molar-refractivity contribution in [3.05, 3.63) is 73.4 Å². The van der Waals surface area contributed by atoms with E-state index >= 15 is 0 Å². The number of rotatable bonds is 2. The van der Waals surface area contributed by atoms with Crippen LogP contribution in [0, 0.1) is 0 Å². The maximum Gasteiger partial charge on any atom is 0.197 e. The van der Waals surface area contributed by atoms with Crippen LogP contribution in [0.15, 0.2) is 47.4 Å². The first-order valence-electron chi connectivity index (χ1n) is 7.88. The SMILES string of the molecule is O=C1C(=Cc2cc3sc(-c4cccs4)cc3s2)C(=O)c2cc(Cl)c(Cl)cc21. The molecule has 0 radical (unpaired) electrons. The number of carbonyl (C=O) groups is 2. The number of carbonyl (C=O) groups excluding carboxylic acids is 2. The molecule has 5 rings (SSSR count). The number of ketones is 2. The van der Waals surface area contributed by atoms with Gasteiger partial charge in [-0.15, -0.1) is 34.0 Å². The van der Waals surface area contributed by atoms with E-state index in [1.807, 2.05) is 12.1 Å². The van der Waals surface area contributed by atoms with E-state index in [2.05, 4.69) is 17.5 Å². The number of fused-ring (bicyclic) bond motifs is 2. The summed E-state index contributed by atoms with van der Waals surface area (Å²) in [6.45, 7) is 0. The fraction of sp³-hybridized carbons (Fsp3) is 0. The summed E-state index contributed by atoms with van der Waals surface area (Å²) < 4.78 is 2.30. The van der Waals surface area contributed by atoms with Crippen LogP contribution in [-0.2, 0) is 0 Å². The minimum atomic E-state index is -0.301. The van der Waals surface area contributed by atoms with Gasteiger partial charge in [-0.25, -0.2) is 0 Å². The predicted molar refractivity (Wildman–Crippen MR) is 116 cm³/mol. The molecule has 27 heavy (non-hydrogen) atoms. The Kier molecular flexibility index (Phi) is 4.11. The molecule has 0 saturated carbocycles. The Labute approximate surface area is 176 Å². The van der Waals surface area contributed by atoms with Crippen LogP contribution in [0.4, 0.5) is 0 Å². The third kappa shape index (κ3) is 2.82. The minimum absolute atomic E-state index is 0.163. The molecule has 1 aliphatic rings.